The Kier molecular flexibility index (Phi) is 3.75. The molecule has 0 aliphatic rings. The highest BCUT2D eigenvalue weighted by Crippen LogP contribution is 2.44. The van der Waals surface area contributed by atoms with Crippen LogP contribution in [0, 0.1) is 0 Å². The summed E-state index contributed by atoms with van der Waals surface area (Å²) in [6.07, 6.45) is 0. The Morgan fingerprint density at radius 1 is 0.439 bits per heavy atom. The van der Waals surface area contributed by atoms with E-state index in [-0.39, 0.29) is 39.0 Å². The molecule has 0 atom stereocenters. The minimum atomic E-state index is -0.766. The molecule has 12 aromatic rings. The molecule has 0 bridgehead atoms. The predicted octanol–water partition coefficient (Wildman–Crippen LogP) is 13.0. The Morgan fingerprint density at radius 3 is 1.61 bits per heavy atom. The lowest BCUT2D eigenvalue weighted by molar-refractivity contribution is 0.666. The van der Waals surface area contributed by atoms with E-state index in [1.54, 1.807) is 65.2 Å². The molecule has 0 saturated heterocycles. The van der Waals surface area contributed by atoms with Gasteiger partial charge in [0.25, 0.3) is 0 Å². The highest BCUT2D eigenvalue weighted by atomic mass is 16.3. The smallest absolute Gasteiger partial charge is 0.238 e. The molecule has 0 spiro atoms. The number of hydrogen-bond acceptors (Lipinski definition) is 4. The molecule has 0 amide bonds. The number of para-hydroxylation sites is 3. The second-order valence-electron chi connectivity index (χ2n) is 12.8. The van der Waals surface area contributed by atoms with Crippen LogP contribution in [0.5, 0.6) is 0 Å². The van der Waals surface area contributed by atoms with Gasteiger partial charge in [-0.15, -0.1) is 0 Å². The molecule has 6 nitrogen and oxygen atoms in total. The lowest BCUT2D eigenvalue weighted by atomic mass is 9.99. The molecule has 4 heterocycles. The Hall–Kier alpha value is -7.83. The maximum absolute atomic E-state index is 9.74. The number of nitrogens with zero attached hydrogens (tertiary/aromatic N) is 5. The van der Waals surface area contributed by atoms with Crippen molar-refractivity contribution in [3.63, 3.8) is 0 Å². The molecule has 0 aliphatic carbocycles. The Bertz CT molecular complexity index is 4600. The summed E-state index contributed by atoms with van der Waals surface area (Å²) in [5.41, 5.74) is -1.74. The summed E-state index contributed by atoms with van der Waals surface area (Å²) in [6.45, 7) is 0. The highest BCUT2D eigenvalue weighted by Gasteiger charge is 2.25. The van der Waals surface area contributed by atoms with Gasteiger partial charge in [0.1, 0.15) is 5.58 Å². The monoisotopic (exact) mass is 750 g/mol. The van der Waals surface area contributed by atoms with Crippen LogP contribution >= 0.6 is 0 Å². The summed E-state index contributed by atoms with van der Waals surface area (Å²) < 4.78 is 195. The zero-order valence-corrected chi connectivity index (χ0v) is 28.9. The van der Waals surface area contributed by atoms with Gasteiger partial charge in [0.2, 0.25) is 5.95 Å². The van der Waals surface area contributed by atoms with E-state index >= 15 is 0 Å². The van der Waals surface area contributed by atoms with E-state index in [0.717, 1.165) is 0 Å². The van der Waals surface area contributed by atoms with Gasteiger partial charge >= 0.3 is 0 Å². The van der Waals surface area contributed by atoms with Crippen LogP contribution < -0.4 is 0 Å². The van der Waals surface area contributed by atoms with Gasteiger partial charge in [-0.05, 0) is 35.3 Å². The summed E-state index contributed by atoms with van der Waals surface area (Å²) >= 11 is 0. The van der Waals surface area contributed by atoms with Gasteiger partial charge in [0, 0.05) is 43.4 Å². The van der Waals surface area contributed by atoms with Crippen LogP contribution in [0.4, 0.5) is 0 Å². The number of aromatic nitrogens is 5. The van der Waals surface area contributed by atoms with Gasteiger partial charge in [-0.2, -0.15) is 9.97 Å². The van der Waals surface area contributed by atoms with E-state index in [1.807, 2.05) is 0 Å². The average molecular weight is 751 g/mol. The van der Waals surface area contributed by atoms with Crippen molar-refractivity contribution in [2.75, 3.05) is 0 Å². The van der Waals surface area contributed by atoms with Crippen molar-refractivity contribution in [3.05, 3.63) is 188 Å². The first-order chi connectivity index (χ1) is 37.0. The first-order valence-corrected chi connectivity index (χ1v) is 17.4. The molecule has 12 rings (SSSR count). The Labute approximate surface area is 356 Å². The lowest BCUT2D eigenvalue weighted by Crippen LogP contribution is -2.07. The Morgan fingerprint density at radius 2 is 0.982 bits per heavy atom. The lowest BCUT2D eigenvalue weighted by Gasteiger charge is -2.13. The summed E-state index contributed by atoms with van der Waals surface area (Å²) in [7, 11) is 0. The van der Waals surface area contributed by atoms with Crippen molar-refractivity contribution in [2.45, 2.75) is 0 Å². The van der Waals surface area contributed by atoms with Gasteiger partial charge < -0.3 is 8.98 Å². The zero-order valence-electron chi connectivity index (χ0n) is 49.9. The first kappa shape index (κ1) is 17.3. The summed E-state index contributed by atoms with van der Waals surface area (Å²) in [4.78, 5) is 14.0. The van der Waals surface area contributed by atoms with Gasteiger partial charge in [0.15, 0.2) is 17.2 Å². The Balaban J connectivity index is 1.30. The number of benzene rings is 8. The molecule has 4 aromatic heterocycles. The topological polar surface area (TPSA) is 61.7 Å². The zero-order chi connectivity index (χ0) is 55.7. The minimum Gasteiger partial charge on any atom is -0.454 e. The van der Waals surface area contributed by atoms with Crippen molar-refractivity contribution in [2.24, 2.45) is 0 Å². The molecule has 6 heteroatoms. The van der Waals surface area contributed by atoms with Gasteiger partial charge in [0.05, 0.1) is 56.5 Å². The molecule has 0 fully saturated rings. The second kappa shape index (κ2) is 12.3. The second-order valence-corrected chi connectivity index (χ2v) is 12.8. The van der Waals surface area contributed by atoms with Crippen LogP contribution in [-0.4, -0.2) is 24.1 Å². The van der Waals surface area contributed by atoms with Crippen LogP contribution in [0.3, 0.4) is 0 Å². The molecule has 0 unspecified atom stereocenters. The molecule has 0 aliphatic heterocycles. The normalized spacial score (nSPS) is 17.0. The largest absolute Gasteiger partial charge is 0.454 e. The third-order valence-electron chi connectivity index (χ3n) is 9.82. The van der Waals surface area contributed by atoms with Crippen molar-refractivity contribution < 1.29 is 33.2 Å². The molecule has 57 heavy (non-hydrogen) atoms. The fourth-order valence-electron chi connectivity index (χ4n) is 7.54. The van der Waals surface area contributed by atoms with Crippen molar-refractivity contribution >= 4 is 65.6 Å². The van der Waals surface area contributed by atoms with Crippen molar-refractivity contribution in [1.29, 1.82) is 0 Å². The van der Waals surface area contributed by atoms with Crippen LogP contribution in [-0.2, 0) is 0 Å². The number of fused-ring (bicyclic) bond motifs is 10. The van der Waals surface area contributed by atoms with Crippen LogP contribution in [0.15, 0.2) is 192 Å². The number of rotatable bonds is 5. The summed E-state index contributed by atoms with van der Waals surface area (Å²) in [6, 6.07) is 2.28. The number of hydrogen-bond donors (Lipinski definition) is 0. The van der Waals surface area contributed by atoms with Gasteiger partial charge in [-0.1, -0.05) is 163 Å². The van der Waals surface area contributed by atoms with Crippen LogP contribution in [0.2, 0.25) is 0 Å². The molecule has 8 aromatic carbocycles. The highest BCUT2D eigenvalue weighted by molar-refractivity contribution is 6.24. The van der Waals surface area contributed by atoms with Crippen molar-refractivity contribution in [1.82, 2.24) is 24.1 Å². The third-order valence-corrected chi connectivity index (χ3v) is 9.82. The minimum absolute atomic E-state index is 0.211. The number of furan rings is 1. The molecule has 0 saturated carbocycles. The predicted molar refractivity (Wildman–Crippen MR) is 232 cm³/mol. The molecular formula is C51H31N5O. The van der Waals surface area contributed by atoms with Crippen LogP contribution in [0.1, 0.15) is 28.8 Å². The molecular weight excluding hydrogens is 699 g/mol. The van der Waals surface area contributed by atoms with Crippen LogP contribution in [0.25, 0.3) is 111 Å². The van der Waals surface area contributed by atoms with E-state index in [4.69, 9.17) is 37.7 Å². The fourth-order valence-corrected chi connectivity index (χ4v) is 7.54. The average Bonchev–Trinajstić information content (AvgIpc) is 3.86. The quantitative estimate of drug-likeness (QED) is 0.176. The fraction of sp³-hybridized carbons (Fsp3) is 0. The summed E-state index contributed by atoms with van der Waals surface area (Å²) in [5, 5.41) is 1.50. The SMILES string of the molecule is [2H]c1c([2H])c([2H])c(-c2nc(-c3c([2H])c([2H])c([2H])c([2H])c3[2H])nc(-n3c4ccccc4c4ccc5c6ccccc6n(-c6c([2H])c([2H])c([2H])c7c6oc6c([2H])c([2H])c([2H])c(-c8c([2H])c([2H])c([2H])c([2H])c8[2H])c67)c5c43)n2)c([2H])c1[2H]. The van der Waals surface area contributed by atoms with Crippen molar-refractivity contribution in [3.8, 4) is 45.5 Å². The van der Waals surface area contributed by atoms with E-state index in [1.165, 1.54) is 4.57 Å². The van der Waals surface area contributed by atoms with E-state index in [9.17, 15) is 5.48 Å². The third kappa shape index (κ3) is 4.74. The van der Waals surface area contributed by atoms with Gasteiger partial charge in [-0.3, -0.25) is 4.57 Å². The standard InChI is InChI=1S/C51H31N5O/c1-4-16-32(17-5-1)35-24-15-29-44-45(35)40-25-14-28-43(48(40)57-44)55-41-26-12-10-22-36(41)38-30-31-39-37-23-11-13-27-42(37)56(47(39)46(38)55)51-53-49(33-18-6-2-7-19-33)52-50(54-51)34-20-8-3-9-21-34/h1-31H/i1D,2D,3D,4D,5D,6D,7D,8D,9D,14D,15D,16D,17D,18D,19D,20D,21D,24D,25D,28D,29D. The molecule has 0 N–H and O–H groups in total. The van der Waals surface area contributed by atoms with E-state index in [0.29, 0.717) is 32.6 Å². The summed E-state index contributed by atoms with van der Waals surface area (Å²) in [5.74, 6) is -1.42. The first-order valence-electron chi connectivity index (χ1n) is 27.9. The maximum atomic E-state index is 9.74. The molecule has 0 radical (unpaired) electrons. The van der Waals surface area contributed by atoms with Gasteiger partial charge in [-0.25, -0.2) is 4.98 Å². The van der Waals surface area contributed by atoms with E-state index < -0.39 is 166 Å². The molecule has 266 valence electrons. The maximum Gasteiger partial charge on any atom is 0.238 e. The van der Waals surface area contributed by atoms with E-state index in [2.05, 4.69) is 4.98 Å².